The van der Waals surface area contributed by atoms with Gasteiger partial charge in [0.2, 0.25) is 5.91 Å². The molecule has 0 fully saturated rings. The smallest absolute Gasteiger partial charge is 0.322 e. The first-order valence-corrected chi connectivity index (χ1v) is 10.1. The molecule has 4 amide bonds. The molecule has 1 aromatic carbocycles. The minimum atomic E-state index is -0.676. The molecule has 2 heterocycles. The highest BCUT2D eigenvalue weighted by Crippen LogP contribution is 2.38. The molecule has 160 valence electrons. The highest BCUT2D eigenvalue weighted by molar-refractivity contribution is 6.31. The SMILES string of the molecule is C=CCN1C(=O)N[C@H](c2ccccc2Cl)C2=C1CN(CC(=O)NCCCOC)C2=O. The van der Waals surface area contributed by atoms with Crippen LogP contribution in [-0.2, 0) is 14.3 Å². The molecule has 0 saturated heterocycles. The van der Waals surface area contributed by atoms with E-state index in [2.05, 4.69) is 17.2 Å². The zero-order valence-corrected chi connectivity index (χ0v) is 17.6. The van der Waals surface area contributed by atoms with Gasteiger partial charge < -0.3 is 20.3 Å². The molecule has 0 bridgehead atoms. The number of hydrogen-bond donors (Lipinski definition) is 2. The minimum Gasteiger partial charge on any atom is -0.385 e. The number of carbonyl (C=O) groups excluding carboxylic acids is 3. The van der Waals surface area contributed by atoms with Crippen LogP contribution in [0, 0.1) is 0 Å². The second-order valence-electron chi connectivity index (χ2n) is 7.02. The van der Waals surface area contributed by atoms with E-state index in [4.69, 9.17) is 16.3 Å². The summed E-state index contributed by atoms with van der Waals surface area (Å²) in [5, 5.41) is 6.10. The van der Waals surface area contributed by atoms with Crippen LogP contribution in [0.5, 0.6) is 0 Å². The molecule has 9 heteroatoms. The first-order chi connectivity index (χ1) is 14.5. The standard InChI is InChI=1S/C21H25ClN4O4/c1-3-10-26-16-12-25(13-17(27)23-9-6-11-30-2)20(28)18(16)19(24-21(26)29)14-7-4-5-8-15(14)22/h3-5,7-8,19H,1,6,9-13H2,2H3,(H,23,27)(H,24,29)/t19-/m1/s1. The molecule has 2 aliphatic rings. The van der Waals surface area contributed by atoms with Gasteiger partial charge in [-0.2, -0.15) is 0 Å². The molecular weight excluding hydrogens is 408 g/mol. The van der Waals surface area contributed by atoms with Gasteiger partial charge in [-0.1, -0.05) is 35.9 Å². The van der Waals surface area contributed by atoms with Gasteiger partial charge in [-0.3, -0.25) is 14.5 Å². The van der Waals surface area contributed by atoms with Gasteiger partial charge in [-0.15, -0.1) is 6.58 Å². The fourth-order valence-corrected chi connectivity index (χ4v) is 3.86. The highest BCUT2D eigenvalue weighted by atomic mass is 35.5. The molecule has 2 aliphatic heterocycles. The predicted octanol–water partition coefficient (Wildman–Crippen LogP) is 1.84. The molecule has 2 N–H and O–H groups in total. The number of hydrogen-bond acceptors (Lipinski definition) is 4. The lowest BCUT2D eigenvalue weighted by atomic mass is 9.95. The number of urea groups is 1. The van der Waals surface area contributed by atoms with Crippen LogP contribution in [0.3, 0.4) is 0 Å². The van der Waals surface area contributed by atoms with Crippen molar-refractivity contribution < 1.29 is 19.1 Å². The van der Waals surface area contributed by atoms with E-state index in [-0.39, 0.29) is 37.5 Å². The Labute approximate surface area is 180 Å². The number of nitrogens with zero attached hydrogens (tertiary/aromatic N) is 2. The molecule has 1 aromatic rings. The Bertz CT molecular complexity index is 886. The van der Waals surface area contributed by atoms with Gasteiger partial charge in [0.1, 0.15) is 6.54 Å². The summed E-state index contributed by atoms with van der Waals surface area (Å²) in [6.45, 7) is 5.03. The van der Waals surface area contributed by atoms with Crippen LogP contribution in [0.15, 0.2) is 48.2 Å². The van der Waals surface area contributed by atoms with Crippen molar-refractivity contribution in [2.45, 2.75) is 12.5 Å². The molecule has 8 nitrogen and oxygen atoms in total. The molecule has 3 rings (SSSR count). The van der Waals surface area contributed by atoms with Crippen molar-refractivity contribution in [2.75, 3.05) is 39.9 Å². The summed E-state index contributed by atoms with van der Waals surface area (Å²) >= 11 is 6.34. The molecule has 0 aliphatic carbocycles. The van der Waals surface area contributed by atoms with Gasteiger partial charge in [0.05, 0.1) is 23.9 Å². The number of benzene rings is 1. The van der Waals surface area contributed by atoms with Crippen molar-refractivity contribution in [2.24, 2.45) is 0 Å². The number of rotatable bonds is 9. The van der Waals surface area contributed by atoms with Crippen LogP contribution in [-0.4, -0.2) is 67.5 Å². The summed E-state index contributed by atoms with van der Waals surface area (Å²) in [6, 6.07) is 6.06. The van der Waals surface area contributed by atoms with Crippen LogP contribution < -0.4 is 10.6 Å². The summed E-state index contributed by atoms with van der Waals surface area (Å²) in [6.07, 6.45) is 2.28. The highest BCUT2D eigenvalue weighted by Gasteiger charge is 2.44. The monoisotopic (exact) mass is 432 g/mol. The number of nitrogens with one attached hydrogen (secondary N) is 2. The van der Waals surface area contributed by atoms with Crippen molar-refractivity contribution in [3.8, 4) is 0 Å². The number of halogens is 1. The lowest BCUT2D eigenvalue weighted by molar-refractivity contribution is -0.131. The average molecular weight is 433 g/mol. The Hall–Kier alpha value is -2.84. The van der Waals surface area contributed by atoms with E-state index in [1.54, 1.807) is 37.5 Å². The Kier molecular flexibility index (Phi) is 7.12. The maximum Gasteiger partial charge on any atom is 0.322 e. The van der Waals surface area contributed by atoms with E-state index in [0.29, 0.717) is 41.4 Å². The number of ether oxygens (including phenoxy) is 1. The molecular formula is C21H25ClN4O4. The second-order valence-corrected chi connectivity index (χ2v) is 7.43. The lowest BCUT2D eigenvalue weighted by Crippen LogP contribution is -2.47. The van der Waals surface area contributed by atoms with Gasteiger partial charge in [-0.25, -0.2) is 4.79 Å². The van der Waals surface area contributed by atoms with Crippen molar-refractivity contribution >= 4 is 29.4 Å². The quantitative estimate of drug-likeness (QED) is 0.460. The molecule has 0 spiro atoms. The van der Waals surface area contributed by atoms with E-state index in [0.717, 1.165) is 0 Å². The van der Waals surface area contributed by atoms with Crippen LogP contribution in [0.4, 0.5) is 4.79 Å². The second kappa shape index (κ2) is 9.77. The normalized spacial score (nSPS) is 18.4. The van der Waals surface area contributed by atoms with E-state index in [9.17, 15) is 14.4 Å². The first kappa shape index (κ1) is 21.9. The van der Waals surface area contributed by atoms with Crippen molar-refractivity contribution in [1.82, 2.24) is 20.4 Å². The van der Waals surface area contributed by atoms with Crippen molar-refractivity contribution in [3.63, 3.8) is 0 Å². The van der Waals surface area contributed by atoms with E-state index >= 15 is 0 Å². The van der Waals surface area contributed by atoms with Crippen molar-refractivity contribution in [1.29, 1.82) is 0 Å². The summed E-state index contributed by atoms with van der Waals surface area (Å²) in [4.78, 5) is 41.2. The predicted molar refractivity (Wildman–Crippen MR) is 113 cm³/mol. The summed E-state index contributed by atoms with van der Waals surface area (Å²) in [5.41, 5.74) is 1.63. The Morgan fingerprint density at radius 3 is 2.87 bits per heavy atom. The van der Waals surface area contributed by atoms with Gasteiger partial charge >= 0.3 is 6.03 Å². The summed E-state index contributed by atoms with van der Waals surface area (Å²) in [7, 11) is 1.60. The van der Waals surface area contributed by atoms with Crippen LogP contribution in [0.2, 0.25) is 5.02 Å². The molecule has 30 heavy (non-hydrogen) atoms. The Morgan fingerprint density at radius 1 is 1.40 bits per heavy atom. The third kappa shape index (κ3) is 4.49. The lowest BCUT2D eigenvalue weighted by Gasteiger charge is -2.33. The van der Waals surface area contributed by atoms with Crippen LogP contribution in [0.25, 0.3) is 0 Å². The molecule has 0 aromatic heterocycles. The fraction of sp³-hybridized carbons (Fsp3) is 0.381. The largest absolute Gasteiger partial charge is 0.385 e. The zero-order chi connectivity index (χ0) is 21.7. The maximum atomic E-state index is 13.2. The fourth-order valence-electron chi connectivity index (χ4n) is 3.61. The minimum absolute atomic E-state index is 0.0931. The number of methoxy groups -OCH3 is 1. The average Bonchev–Trinajstić information content (AvgIpc) is 3.04. The van der Waals surface area contributed by atoms with E-state index in [1.807, 2.05) is 0 Å². The molecule has 0 radical (unpaired) electrons. The first-order valence-electron chi connectivity index (χ1n) is 9.69. The summed E-state index contributed by atoms with van der Waals surface area (Å²) in [5.74, 6) is -0.556. The molecule has 0 saturated carbocycles. The van der Waals surface area contributed by atoms with E-state index in [1.165, 1.54) is 9.80 Å². The summed E-state index contributed by atoms with van der Waals surface area (Å²) < 4.78 is 4.96. The topological polar surface area (TPSA) is 91.0 Å². The van der Waals surface area contributed by atoms with Gasteiger partial charge in [0, 0.05) is 31.8 Å². The number of amides is 4. The molecule has 1 atom stereocenters. The third-order valence-corrected chi connectivity index (χ3v) is 5.35. The van der Waals surface area contributed by atoms with Crippen LogP contribution >= 0.6 is 11.6 Å². The van der Waals surface area contributed by atoms with Gasteiger partial charge in [0.25, 0.3) is 5.91 Å². The van der Waals surface area contributed by atoms with E-state index < -0.39 is 6.04 Å². The Morgan fingerprint density at radius 2 is 2.17 bits per heavy atom. The number of carbonyl (C=O) groups is 3. The van der Waals surface area contributed by atoms with Gasteiger partial charge in [0.15, 0.2) is 0 Å². The molecule has 0 unspecified atom stereocenters. The zero-order valence-electron chi connectivity index (χ0n) is 16.8. The van der Waals surface area contributed by atoms with Crippen LogP contribution in [0.1, 0.15) is 18.0 Å². The van der Waals surface area contributed by atoms with Gasteiger partial charge in [-0.05, 0) is 18.1 Å². The van der Waals surface area contributed by atoms with Crippen molar-refractivity contribution in [3.05, 3.63) is 58.8 Å². The third-order valence-electron chi connectivity index (χ3n) is 5.01. The Balaban J connectivity index is 1.83. The maximum absolute atomic E-state index is 13.2.